The normalized spacial score (nSPS) is 12.6. The number of hydrogen-bond acceptors (Lipinski definition) is 1. The first-order valence-electron chi connectivity index (χ1n) is 8.14. The molecule has 0 bridgehead atoms. The highest BCUT2D eigenvalue weighted by atomic mass is 14.9. The number of rotatable bonds is 10. The molecule has 0 saturated carbocycles. The van der Waals surface area contributed by atoms with Gasteiger partial charge in [-0.2, -0.15) is 0 Å². The van der Waals surface area contributed by atoms with Crippen molar-refractivity contribution in [2.45, 2.75) is 71.8 Å². The SMILES string of the molecule is CCCCCCC(NCCC)c1ccccc1CC. The molecule has 1 unspecified atom stereocenters. The van der Waals surface area contributed by atoms with E-state index >= 15 is 0 Å². The lowest BCUT2D eigenvalue weighted by Crippen LogP contribution is -2.23. The zero-order chi connectivity index (χ0) is 13.9. The molecule has 1 heteroatoms. The van der Waals surface area contributed by atoms with Crippen molar-refractivity contribution in [3.63, 3.8) is 0 Å². The van der Waals surface area contributed by atoms with E-state index in [-0.39, 0.29) is 0 Å². The van der Waals surface area contributed by atoms with Crippen molar-refractivity contribution in [3.05, 3.63) is 35.4 Å². The summed E-state index contributed by atoms with van der Waals surface area (Å²) in [5, 5.41) is 3.74. The van der Waals surface area contributed by atoms with Gasteiger partial charge in [0.1, 0.15) is 0 Å². The van der Waals surface area contributed by atoms with E-state index in [2.05, 4.69) is 50.4 Å². The van der Waals surface area contributed by atoms with Gasteiger partial charge in [0.15, 0.2) is 0 Å². The number of unbranched alkanes of at least 4 members (excludes halogenated alkanes) is 3. The molecule has 1 rings (SSSR count). The van der Waals surface area contributed by atoms with Gasteiger partial charge in [0, 0.05) is 6.04 Å². The van der Waals surface area contributed by atoms with Crippen molar-refractivity contribution in [2.24, 2.45) is 0 Å². The Morgan fingerprint density at radius 3 is 2.42 bits per heavy atom. The van der Waals surface area contributed by atoms with Crippen LogP contribution in [0.1, 0.15) is 76.5 Å². The molecule has 0 saturated heterocycles. The Bertz CT molecular complexity index is 332. The molecule has 1 N–H and O–H groups in total. The van der Waals surface area contributed by atoms with Crippen LogP contribution in [0, 0.1) is 0 Å². The molecule has 0 aliphatic carbocycles. The molecule has 0 amide bonds. The molecular formula is C18H31N. The van der Waals surface area contributed by atoms with Crippen molar-refractivity contribution in [2.75, 3.05) is 6.54 Å². The van der Waals surface area contributed by atoms with Gasteiger partial charge in [0.25, 0.3) is 0 Å². The lowest BCUT2D eigenvalue weighted by atomic mass is 9.94. The fourth-order valence-corrected chi connectivity index (χ4v) is 2.66. The highest BCUT2D eigenvalue weighted by Gasteiger charge is 2.13. The molecule has 0 heterocycles. The number of nitrogens with one attached hydrogen (secondary N) is 1. The second-order valence-electron chi connectivity index (χ2n) is 5.41. The minimum absolute atomic E-state index is 0.549. The van der Waals surface area contributed by atoms with Crippen molar-refractivity contribution in [3.8, 4) is 0 Å². The third-order valence-corrected chi connectivity index (χ3v) is 3.80. The predicted molar refractivity (Wildman–Crippen MR) is 85.6 cm³/mol. The molecule has 1 nitrogen and oxygen atoms in total. The molecule has 0 aliphatic heterocycles. The van der Waals surface area contributed by atoms with Crippen LogP contribution in [0.25, 0.3) is 0 Å². The summed E-state index contributed by atoms with van der Waals surface area (Å²) in [4.78, 5) is 0. The summed E-state index contributed by atoms with van der Waals surface area (Å²) < 4.78 is 0. The highest BCUT2D eigenvalue weighted by molar-refractivity contribution is 5.30. The molecule has 1 atom stereocenters. The fraction of sp³-hybridized carbons (Fsp3) is 0.667. The minimum Gasteiger partial charge on any atom is -0.310 e. The zero-order valence-corrected chi connectivity index (χ0v) is 13.0. The van der Waals surface area contributed by atoms with E-state index in [1.807, 2.05) is 0 Å². The third kappa shape index (κ3) is 5.78. The summed E-state index contributed by atoms with van der Waals surface area (Å²) >= 11 is 0. The number of benzene rings is 1. The van der Waals surface area contributed by atoms with E-state index in [0.717, 1.165) is 13.0 Å². The smallest absolute Gasteiger partial charge is 0.0322 e. The maximum Gasteiger partial charge on any atom is 0.0322 e. The number of aryl methyl sites for hydroxylation is 1. The Morgan fingerprint density at radius 1 is 0.947 bits per heavy atom. The van der Waals surface area contributed by atoms with Crippen molar-refractivity contribution >= 4 is 0 Å². The first-order valence-corrected chi connectivity index (χ1v) is 8.14. The largest absolute Gasteiger partial charge is 0.310 e. The van der Waals surface area contributed by atoms with Gasteiger partial charge in [-0.15, -0.1) is 0 Å². The monoisotopic (exact) mass is 261 g/mol. The van der Waals surface area contributed by atoms with Crippen molar-refractivity contribution in [1.82, 2.24) is 5.32 Å². The summed E-state index contributed by atoms with van der Waals surface area (Å²) in [6.07, 6.45) is 9.02. The Hall–Kier alpha value is -0.820. The van der Waals surface area contributed by atoms with Gasteiger partial charge in [-0.25, -0.2) is 0 Å². The highest BCUT2D eigenvalue weighted by Crippen LogP contribution is 2.24. The maximum atomic E-state index is 3.74. The zero-order valence-electron chi connectivity index (χ0n) is 13.0. The van der Waals surface area contributed by atoms with Crippen LogP contribution in [0.5, 0.6) is 0 Å². The van der Waals surface area contributed by atoms with Crippen LogP contribution in [0.4, 0.5) is 0 Å². The summed E-state index contributed by atoms with van der Waals surface area (Å²) in [6.45, 7) is 7.90. The predicted octanol–water partition coefficient (Wildman–Crippen LogP) is 5.26. The summed E-state index contributed by atoms with van der Waals surface area (Å²) in [6, 6.07) is 9.48. The molecule has 0 radical (unpaired) electrons. The average molecular weight is 261 g/mol. The molecular weight excluding hydrogens is 230 g/mol. The molecule has 1 aromatic carbocycles. The molecule has 0 aliphatic rings. The quantitative estimate of drug-likeness (QED) is 0.566. The first kappa shape index (κ1) is 16.2. The van der Waals surface area contributed by atoms with Crippen molar-refractivity contribution in [1.29, 1.82) is 0 Å². The molecule has 0 spiro atoms. The van der Waals surface area contributed by atoms with E-state index in [1.165, 1.54) is 49.7 Å². The van der Waals surface area contributed by atoms with Crippen LogP contribution >= 0.6 is 0 Å². The lowest BCUT2D eigenvalue weighted by molar-refractivity contribution is 0.468. The Balaban J connectivity index is 2.65. The van der Waals surface area contributed by atoms with Crippen LogP contribution in [0.2, 0.25) is 0 Å². The summed E-state index contributed by atoms with van der Waals surface area (Å²) in [7, 11) is 0. The summed E-state index contributed by atoms with van der Waals surface area (Å²) in [5.41, 5.74) is 3.03. The van der Waals surface area contributed by atoms with E-state index in [0.29, 0.717) is 6.04 Å². The van der Waals surface area contributed by atoms with E-state index in [9.17, 15) is 0 Å². The maximum absolute atomic E-state index is 3.74. The second kappa shape index (κ2) is 10.0. The van der Waals surface area contributed by atoms with Crippen molar-refractivity contribution < 1.29 is 0 Å². The molecule has 0 fully saturated rings. The van der Waals surface area contributed by atoms with Gasteiger partial charge >= 0.3 is 0 Å². The van der Waals surface area contributed by atoms with Crippen LogP contribution < -0.4 is 5.32 Å². The molecule has 108 valence electrons. The van der Waals surface area contributed by atoms with Gasteiger partial charge in [0.2, 0.25) is 0 Å². The van der Waals surface area contributed by atoms with Gasteiger partial charge < -0.3 is 5.32 Å². The van der Waals surface area contributed by atoms with Crippen LogP contribution in [-0.2, 0) is 6.42 Å². The van der Waals surface area contributed by atoms with Crippen LogP contribution in [0.3, 0.4) is 0 Å². The Labute approximate surface area is 119 Å². The summed E-state index contributed by atoms with van der Waals surface area (Å²) in [5.74, 6) is 0. The van der Waals surface area contributed by atoms with Gasteiger partial charge in [-0.05, 0) is 36.9 Å². The standard InChI is InChI=1S/C18H31N/c1-4-7-8-9-14-18(19-15-5-2)17-13-11-10-12-16(17)6-3/h10-13,18-19H,4-9,14-15H2,1-3H3. The van der Waals surface area contributed by atoms with Gasteiger partial charge in [0.05, 0.1) is 0 Å². The molecule has 0 aromatic heterocycles. The molecule has 19 heavy (non-hydrogen) atoms. The second-order valence-corrected chi connectivity index (χ2v) is 5.41. The van der Waals surface area contributed by atoms with Crippen LogP contribution in [-0.4, -0.2) is 6.54 Å². The average Bonchev–Trinajstić information content (AvgIpc) is 2.46. The van der Waals surface area contributed by atoms with Gasteiger partial charge in [-0.1, -0.05) is 70.7 Å². The fourth-order valence-electron chi connectivity index (χ4n) is 2.66. The first-order chi connectivity index (χ1) is 9.33. The topological polar surface area (TPSA) is 12.0 Å². The lowest BCUT2D eigenvalue weighted by Gasteiger charge is -2.21. The van der Waals surface area contributed by atoms with Crippen LogP contribution in [0.15, 0.2) is 24.3 Å². The van der Waals surface area contributed by atoms with E-state index in [1.54, 1.807) is 0 Å². The van der Waals surface area contributed by atoms with Gasteiger partial charge in [-0.3, -0.25) is 0 Å². The van der Waals surface area contributed by atoms with E-state index < -0.39 is 0 Å². The Kier molecular flexibility index (Phi) is 8.57. The Morgan fingerprint density at radius 2 is 1.74 bits per heavy atom. The van der Waals surface area contributed by atoms with E-state index in [4.69, 9.17) is 0 Å². The minimum atomic E-state index is 0.549. The number of hydrogen-bond donors (Lipinski definition) is 1. The third-order valence-electron chi connectivity index (χ3n) is 3.80. The molecule has 1 aromatic rings.